The smallest absolute Gasteiger partial charge is 0.163 e. The van der Waals surface area contributed by atoms with Gasteiger partial charge in [-0.3, -0.25) is 4.79 Å². The number of halogens is 1. The third kappa shape index (κ3) is 4.44. The maximum Gasteiger partial charge on any atom is 0.163 e. The number of ketones is 1. The third-order valence-electron chi connectivity index (χ3n) is 2.98. The lowest BCUT2D eigenvalue weighted by Gasteiger charge is -2.07. The van der Waals surface area contributed by atoms with E-state index in [0.717, 1.165) is 4.47 Å². The monoisotopic (exact) mass is 343 g/mol. The first-order valence-corrected chi connectivity index (χ1v) is 7.40. The second-order valence-corrected chi connectivity index (χ2v) is 5.41. The van der Waals surface area contributed by atoms with Crippen molar-refractivity contribution in [3.8, 4) is 11.8 Å². The lowest BCUT2D eigenvalue weighted by Crippen LogP contribution is -2.04. The van der Waals surface area contributed by atoms with E-state index in [9.17, 15) is 4.79 Å². The van der Waals surface area contributed by atoms with Crippen LogP contribution in [0.1, 0.15) is 28.8 Å². The highest BCUT2D eigenvalue weighted by atomic mass is 79.9. The van der Waals surface area contributed by atoms with E-state index in [2.05, 4.69) is 22.0 Å². The fourth-order valence-electron chi connectivity index (χ4n) is 1.88. The van der Waals surface area contributed by atoms with Crippen LogP contribution in [0.3, 0.4) is 0 Å². The topological polar surface area (TPSA) is 50.1 Å². The van der Waals surface area contributed by atoms with Crippen LogP contribution in [-0.2, 0) is 0 Å². The van der Waals surface area contributed by atoms with Crippen molar-refractivity contribution < 1.29 is 9.53 Å². The molecule has 2 aromatic carbocycles. The molecule has 0 aliphatic heterocycles. The van der Waals surface area contributed by atoms with Crippen molar-refractivity contribution >= 4 is 21.7 Å². The second kappa shape index (κ2) is 7.61. The average molecular weight is 344 g/mol. The van der Waals surface area contributed by atoms with E-state index in [-0.39, 0.29) is 5.78 Å². The van der Waals surface area contributed by atoms with E-state index < -0.39 is 0 Å². The number of carbonyl (C=O) groups is 1. The minimum atomic E-state index is 0.0969. The van der Waals surface area contributed by atoms with E-state index in [4.69, 9.17) is 10.00 Å². The molecule has 0 saturated heterocycles. The van der Waals surface area contributed by atoms with Gasteiger partial charge in [-0.05, 0) is 30.7 Å². The molecular formula is C17H14BrNO2. The highest BCUT2D eigenvalue weighted by molar-refractivity contribution is 9.10. The Morgan fingerprint density at radius 3 is 2.57 bits per heavy atom. The summed E-state index contributed by atoms with van der Waals surface area (Å²) < 4.78 is 6.51. The Balaban J connectivity index is 1.81. The van der Waals surface area contributed by atoms with Gasteiger partial charge < -0.3 is 4.74 Å². The van der Waals surface area contributed by atoms with Gasteiger partial charge >= 0.3 is 0 Å². The molecule has 4 heteroatoms. The van der Waals surface area contributed by atoms with Crippen LogP contribution in [0, 0.1) is 11.3 Å². The van der Waals surface area contributed by atoms with Crippen LogP contribution < -0.4 is 4.74 Å². The summed E-state index contributed by atoms with van der Waals surface area (Å²) in [5.74, 6) is 0.663. The first kappa shape index (κ1) is 15.3. The van der Waals surface area contributed by atoms with Gasteiger partial charge in [0.15, 0.2) is 5.78 Å². The van der Waals surface area contributed by atoms with Gasteiger partial charge in [0, 0.05) is 16.5 Å². The Morgan fingerprint density at radius 1 is 1.14 bits per heavy atom. The van der Waals surface area contributed by atoms with Crippen LogP contribution in [0.2, 0.25) is 0 Å². The quantitative estimate of drug-likeness (QED) is 0.578. The van der Waals surface area contributed by atoms with E-state index in [1.54, 1.807) is 30.3 Å². The Morgan fingerprint density at radius 2 is 1.86 bits per heavy atom. The lowest BCUT2D eigenvalue weighted by atomic mass is 10.1. The predicted octanol–water partition coefficient (Wildman–Crippen LogP) is 4.36. The highest BCUT2D eigenvalue weighted by Crippen LogP contribution is 2.17. The molecule has 21 heavy (non-hydrogen) atoms. The molecule has 0 saturated carbocycles. The van der Waals surface area contributed by atoms with Gasteiger partial charge in [0.1, 0.15) is 11.8 Å². The molecule has 0 amide bonds. The zero-order valence-electron chi connectivity index (χ0n) is 11.4. The third-order valence-corrected chi connectivity index (χ3v) is 3.51. The van der Waals surface area contributed by atoms with Crippen molar-refractivity contribution in [2.75, 3.05) is 6.61 Å². The average Bonchev–Trinajstić information content (AvgIpc) is 2.52. The number of Topliss-reactive ketones (excluding diaryl/α,β-unsaturated/α-hetero) is 1. The van der Waals surface area contributed by atoms with E-state index in [1.807, 2.05) is 18.2 Å². The summed E-state index contributed by atoms with van der Waals surface area (Å²) in [6.07, 6.45) is 1.05. The summed E-state index contributed by atoms with van der Waals surface area (Å²) in [5, 5.41) is 8.95. The van der Waals surface area contributed by atoms with Crippen molar-refractivity contribution in [3.63, 3.8) is 0 Å². The summed E-state index contributed by atoms with van der Waals surface area (Å²) in [6, 6.07) is 16.5. The Hall–Kier alpha value is -2.12. The van der Waals surface area contributed by atoms with Gasteiger partial charge in [-0.15, -0.1) is 0 Å². The molecule has 0 unspecified atom stereocenters. The number of para-hydroxylation sites is 1. The van der Waals surface area contributed by atoms with Crippen molar-refractivity contribution in [2.24, 2.45) is 0 Å². The number of hydrogen-bond acceptors (Lipinski definition) is 3. The summed E-state index contributed by atoms with van der Waals surface area (Å²) >= 11 is 3.34. The summed E-state index contributed by atoms with van der Waals surface area (Å²) in [5.41, 5.74) is 1.22. The minimum absolute atomic E-state index is 0.0969. The zero-order valence-corrected chi connectivity index (χ0v) is 13.0. The molecule has 2 aromatic rings. The SMILES string of the molecule is N#Cc1ccccc1OCCCC(=O)c1ccc(Br)cc1. The Kier molecular flexibility index (Phi) is 5.53. The molecular weight excluding hydrogens is 330 g/mol. The number of nitrogens with zero attached hydrogens (tertiary/aromatic N) is 1. The van der Waals surface area contributed by atoms with E-state index in [1.165, 1.54) is 0 Å². The second-order valence-electron chi connectivity index (χ2n) is 4.49. The number of benzene rings is 2. The summed E-state index contributed by atoms with van der Waals surface area (Å²) in [6.45, 7) is 0.418. The molecule has 0 aromatic heterocycles. The molecule has 0 bridgehead atoms. The molecule has 0 aliphatic rings. The minimum Gasteiger partial charge on any atom is -0.492 e. The van der Waals surface area contributed by atoms with Gasteiger partial charge in [-0.1, -0.05) is 40.2 Å². The largest absolute Gasteiger partial charge is 0.492 e. The standard InChI is InChI=1S/C17H14BrNO2/c18-15-9-7-13(8-10-15)16(20)5-3-11-21-17-6-2-1-4-14(17)12-19/h1-2,4,6-10H,3,5,11H2. The first-order chi connectivity index (χ1) is 10.2. The molecule has 0 heterocycles. The molecule has 3 nitrogen and oxygen atoms in total. The van der Waals surface area contributed by atoms with Gasteiger partial charge in [0.2, 0.25) is 0 Å². The number of ether oxygens (including phenoxy) is 1. The van der Waals surface area contributed by atoms with Gasteiger partial charge in [0.05, 0.1) is 12.2 Å². The number of hydrogen-bond donors (Lipinski definition) is 0. The van der Waals surface area contributed by atoms with Gasteiger partial charge in [-0.2, -0.15) is 5.26 Å². The fourth-order valence-corrected chi connectivity index (χ4v) is 2.14. The van der Waals surface area contributed by atoms with Crippen LogP contribution in [0.25, 0.3) is 0 Å². The van der Waals surface area contributed by atoms with Crippen LogP contribution in [0.4, 0.5) is 0 Å². The summed E-state index contributed by atoms with van der Waals surface area (Å²) in [7, 11) is 0. The molecule has 0 fully saturated rings. The lowest BCUT2D eigenvalue weighted by molar-refractivity contribution is 0.0973. The number of nitriles is 1. The van der Waals surface area contributed by atoms with Crippen LogP contribution in [0.15, 0.2) is 53.0 Å². The van der Waals surface area contributed by atoms with E-state index >= 15 is 0 Å². The molecule has 0 N–H and O–H groups in total. The molecule has 0 radical (unpaired) electrons. The van der Waals surface area contributed by atoms with Crippen molar-refractivity contribution in [3.05, 3.63) is 64.1 Å². The van der Waals surface area contributed by atoms with Crippen molar-refractivity contribution in [1.29, 1.82) is 5.26 Å². The molecule has 106 valence electrons. The number of carbonyl (C=O) groups excluding carboxylic acids is 1. The summed E-state index contributed by atoms with van der Waals surface area (Å²) in [4.78, 5) is 12.0. The highest BCUT2D eigenvalue weighted by Gasteiger charge is 2.06. The Labute approximate surface area is 132 Å². The number of rotatable bonds is 6. The van der Waals surface area contributed by atoms with Crippen LogP contribution >= 0.6 is 15.9 Å². The fraction of sp³-hybridized carbons (Fsp3) is 0.176. The molecule has 2 rings (SSSR count). The van der Waals surface area contributed by atoms with E-state index in [0.29, 0.717) is 36.3 Å². The van der Waals surface area contributed by atoms with Crippen LogP contribution in [-0.4, -0.2) is 12.4 Å². The molecule has 0 aliphatic carbocycles. The molecule has 0 atom stereocenters. The van der Waals surface area contributed by atoms with Gasteiger partial charge in [0.25, 0.3) is 0 Å². The molecule has 0 spiro atoms. The van der Waals surface area contributed by atoms with Crippen molar-refractivity contribution in [1.82, 2.24) is 0 Å². The Bertz CT molecular complexity index is 659. The van der Waals surface area contributed by atoms with Gasteiger partial charge in [-0.25, -0.2) is 0 Å². The van der Waals surface area contributed by atoms with Crippen molar-refractivity contribution in [2.45, 2.75) is 12.8 Å². The maximum absolute atomic E-state index is 12.0. The zero-order chi connectivity index (χ0) is 15.1. The normalized spacial score (nSPS) is 9.90. The van der Waals surface area contributed by atoms with Crippen LogP contribution in [0.5, 0.6) is 5.75 Å². The first-order valence-electron chi connectivity index (χ1n) is 6.61. The predicted molar refractivity (Wildman–Crippen MR) is 84.4 cm³/mol. The maximum atomic E-state index is 12.0.